The smallest absolute Gasteiger partial charge is 0.143 e. The second-order valence-corrected chi connectivity index (χ2v) is 6.18. The number of benzene rings is 1. The molecule has 0 fully saturated rings. The van der Waals surface area contributed by atoms with Crippen LogP contribution >= 0.6 is 0 Å². The lowest BCUT2D eigenvalue weighted by Gasteiger charge is -2.34. The van der Waals surface area contributed by atoms with Crippen molar-refractivity contribution in [2.45, 2.75) is 45.6 Å². The van der Waals surface area contributed by atoms with Gasteiger partial charge in [0.15, 0.2) is 0 Å². The van der Waals surface area contributed by atoms with Crippen LogP contribution in [0.15, 0.2) is 18.2 Å². The molecule has 0 bridgehead atoms. The van der Waals surface area contributed by atoms with Crippen LogP contribution in [-0.2, 0) is 5.41 Å². The quantitative estimate of drug-likeness (QED) is 0.720. The second-order valence-electron chi connectivity index (χ2n) is 6.18. The van der Waals surface area contributed by atoms with Crippen molar-refractivity contribution in [1.82, 2.24) is 0 Å². The van der Waals surface area contributed by atoms with Crippen LogP contribution in [0, 0.1) is 0 Å². The molecule has 0 atom stereocenters. The first-order valence-electron chi connectivity index (χ1n) is 5.85. The predicted octanol–water partition coefficient (Wildman–Crippen LogP) is 3.57. The van der Waals surface area contributed by atoms with Gasteiger partial charge in [-0.05, 0) is 37.0 Å². The van der Waals surface area contributed by atoms with Gasteiger partial charge in [-0.3, -0.25) is 0 Å². The Morgan fingerprint density at radius 1 is 1.25 bits per heavy atom. The fraction of sp³-hybridized carbons (Fsp3) is 0.571. The summed E-state index contributed by atoms with van der Waals surface area (Å²) in [5.41, 5.74) is 2.46. The maximum absolute atomic E-state index is 5.99. The monoisotopic (exact) mass is 219 g/mol. The molecular formula is C14H21NO. The summed E-state index contributed by atoms with van der Waals surface area (Å²) < 4.78 is 5.99. The maximum atomic E-state index is 5.99. The van der Waals surface area contributed by atoms with Gasteiger partial charge in [0.05, 0.1) is 12.2 Å². The molecule has 0 aromatic heterocycles. The third-order valence-corrected chi connectivity index (χ3v) is 2.94. The highest BCUT2D eigenvalue weighted by atomic mass is 16.5. The van der Waals surface area contributed by atoms with Crippen molar-refractivity contribution < 1.29 is 4.74 Å². The van der Waals surface area contributed by atoms with E-state index in [0.29, 0.717) is 0 Å². The van der Waals surface area contributed by atoms with E-state index in [1.807, 2.05) is 0 Å². The van der Waals surface area contributed by atoms with Crippen molar-refractivity contribution in [2.24, 2.45) is 0 Å². The number of anilines is 1. The van der Waals surface area contributed by atoms with Crippen LogP contribution in [-0.4, -0.2) is 12.1 Å². The summed E-state index contributed by atoms with van der Waals surface area (Å²) in [6.45, 7) is 11.7. The molecule has 1 aliphatic heterocycles. The van der Waals surface area contributed by atoms with Crippen molar-refractivity contribution in [3.05, 3.63) is 23.8 Å². The molecule has 2 nitrogen and oxygen atoms in total. The van der Waals surface area contributed by atoms with Crippen LogP contribution in [0.4, 0.5) is 5.69 Å². The van der Waals surface area contributed by atoms with E-state index in [1.54, 1.807) is 0 Å². The van der Waals surface area contributed by atoms with Crippen molar-refractivity contribution in [1.29, 1.82) is 0 Å². The van der Waals surface area contributed by atoms with Crippen LogP contribution in [0.25, 0.3) is 0 Å². The Balaban J connectivity index is 2.39. The van der Waals surface area contributed by atoms with Gasteiger partial charge in [-0.15, -0.1) is 0 Å². The summed E-state index contributed by atoms with van der Waals surface area (Å²) in [5.74, 6) is 0.976. The number of fused-ring (bicyclic) bond motifs is 1. The molecule has 1 aromatic carbocycles. The van der Waals surface area contributed by atoms with Gasteiger partial charge in [0, 0.05) is 0 Å². The first-order valence-corrected chi connectivity index (χ1v) is 5.85. The predicted molar refractivity (Wildman–Crippen MR) is 68.3 cm³/mol. The van der Waals surface area contributed by atoms with Crippen molar-refractivity contribution in [2.75, 3.05) is 11.9 Å². The Labute approximate surface area is 98.0 Å². The Morgan fingerprint density at radius 2 is 1.94 bits per heavy atom. The van der Waals surface area contributed by atoms with Crippen LogP contribution in [0.3, 0.4) is 0 Å². The first kappa shape index (κ1) is 11.3. The highest BCUT2D eigenvalue weighted by Gasteiger charge is 2.27. The molecule has 0 spiro atoms. The third kappa shape index (κ3) is 2.16. The molecule has 1 aromatic rings. The van der Waals surface area contributed by atoms with E-state index >= 15 is 0 Å². The molecule has 0 amide bonds. The van der Waals surface area contributed by atoms with Gasteiger partial charge in [-0.1, -0.05) is 26.8 Å². The summed E-state index contributed by atoms with van der Waals surface area (Å²) >= 11 is 0. The van der Waals surface area contributed by atoms with Crippen molar-refractivity contribution >= 4 is 5.69 Å². The van der Waals surface area contributed by atoms with Crippen molar-refractivity contribution in [3.63, 3.8) is 0 Å². The molecule has 0 unspecified atom stereocenters. The highest BCUT2D eigenvalue weighted by Crippen LogP contribution is 2.36. The van der Waals surface area contributed by atoms with E-state index in [4.69, 9.17) is 4.74 Å². The van der Waals surface area contributed by atoms with Gasteiger partial charge in [-0.25, -0.2) is 0 Å². The van der Waals surface area contributed by atoms with E-state index in [0.717, 1.165) is 18.0 Å². The average molecular weight is 219 g/mol. The highest BCUT2D eigenvalue weighted by molar-refractivity contribution is 5.60. The maximum Gasteiger partial charge on any atom is 0.143 e. The fourth-order valence-corrected chi connectivity index (χ4v) is 1.86. The molecule has 1 N–H and O–H groups in total. The molecule has 0 aliphatic carbocycles. The molecule has 0 saturated heterocycles. The molecular weight excluding hydrogens is 198 g/mol. The number of nitrogens with one attached hydrogen (secondary N) is 1. The van der Waals surface area contributed by atoms with E-state index in [1.165, 1.54) is 5.56 Å². The lowest BCUT2D eigenvalue weighted by molar-refractivity contribution is 0.116. The first-order chi connectivity index (χ1) is 7.28. The van der Waals surface area contributed by atoms with Gasteiger partial charge in [0.1, 0.15) is 11.4 Å². The van der Waals surface area contributed by atoms with Gasteiger partial charge in [-0.2, -0.15) is 0 Å². The molecule has 16 heavy (non-hydrogen) atoms. The summed E-state index contributed by atoms with van der Waals surface area (Å²) in [6.07, 6.45) is 0. The van der Waals surface area contributed by atoms with Crippen molar-refractivity contribution in [3.8, 4) is 5.75 Å². The van der Waals surface area contributed by atoms with Crippen LogP contribution in [0.2, 0.25) is 0 Å². The Bertz CT molecular complexity index is 402. The van der Waals surface area contributed by atoms with Crippen LogP contribution in [0.5, 0.6) is 5.75 Å². The zero-order valence-corrected chi connectivity index (χ0v) is 10.8. The molecule has 2 rings (SSSR count). The number of ether oxygens (including phenoxy) is 1. The minimum absolute atomic E-state index is 0.122. The fourth-order valence-electron chi connectivity index (χ4n) is 1.86. The van der Waals surface area contributed by atoms with Gasteiger partial charge >= 0.3 is 0 Å². The number of hydrogen-bond donors (Lipinski definition) is 1. The van der Waals surface area contributed by atoms with Gasteiger partial charge in [0.25, 0.3) is 0 Å². The molecule has 0 radical (unpaired) electrons. The minimum Gasteiger partial charge on any atom is -0.484 e. The Morgan fingerprint density at radius 3 is 2.56 bits per heavy atom. The molecule has 88 valence electrons. The summed E-state index contributed by atoms with van der Waals surface area (Å²) in [4.78, 5) is 0. The summed E-state index contributed by atoms with van der Waals surface area (Å²) in [6, 6.07) is 6.45. The minimum atomic E-state index is -0.122. The zero-order chi connectivity index (χ0) is 12.0. The SMILES string of the molecule is CC1(C)CNc2ccc(C(C)(C)C)cc2O1. The Hall–Kier alpha value is -1.18. The molecule has 1 aliphatic rings. The number of rotatable bonds is 0. The topological polar surface area (TPSA) is 21.3 Å². The zero-order valence-electron chi connectivity index (χ0n) is 10.8. The van der Waals surface area contributed by atoms with Gasteiger partial charge in [0.2, 0.25) is 0 Å². The van der Waals surface area contributed by atoms with E-state index in [9.17, 15) is 0 Å². The molecule has 2 heteroatoms. The standard InChI is InChI=1S/C14H21NO/c1-13(2,3)10-6-7-11-12(8-10)16-14(4,5)9-15-11/h6-8,15H,9H2,1-5H3. The molecule has 1 heterocycles. The second kappa shape index (κ2) is 3.41. The summed E-state index contributed by atoms with van der Waals surface area (Å²) in [7, 11) is 0. The Kier molecular flexibility index (Phi) is 2.41. The lowest BCUT2D eigenvalue weighted by atomic mass is 9.86. The molecule has 0 saturated carbocycles. The summed E-state index contributed by atoms with van der Waals surface area (Å²) in [5, 5.41) is 3.41. The van der Waals surface area contributed by atoms with E-state index in [2.05, 4.69) is 58.1 Å². The lowest BCUT2D eigenvalue weighted by Crippen LogP contribution is -2.40. The third-order valence-electron chi connectivity index (χ3n) is 2.94. The van der Waals surface area contributed by atoms with Gasteiger partial charge < -0.3 is 10.1 Å². The van der Waals surface area contributed by atoms with Crippen LogP contribution < -0.4 is 10.1 Å². The van der Waals surface area contributed by atoms with Crippen LogP contribution in [0.1, 0.15) is 40.2 Å². The number of hydrogen-bond acceptors (Lipinski definition) is 2. The average Bonchev–Trinajstić information content (AvgIpc) is 2.13. The normalized spacial score (nSPS) is 18.3. The largest absolute Gasteiger partial charge is 0.484 e. The van der Waals surface area contributed by atoms with E-state index in [-0.39, 0.29) is 11.0 Å². The van der Waals surface area contributed by atoms with E-state index < -0.39 is 0 Å².